The number of Topliss-reactive ketones (excluding diaryl/α,β-unsaturated/α-hetero) is 1. The molecule has 19 heavy (non-hydrogen) atoms. The minimum absolute atomic E-state index is 0.392. The zero-order valence-electron chi connectivity index (χ0n) is 12.5. The van der Waals surface area contributed by atoms with Gasteiger partial charge >= 0.3 is 0 Å². The lowest BCUT2D eigenvalue weighted by Crippen LogP contribution is -2.00. The van der Waals surface area contributed by atoms with Gasteiger partial charge < -0.3 is 4.74 Å². The standard InChI is InChI=1S/C17H26O2/c1-4-7-16(18)9-6-8-15-10-11-17(13-14(15)3)19-12-5-2/h10-11,13H,4-9,12H2,1-3H3. The zero-order valence-corrected chi connectivity index (χ0v) is 12.5. The first-order valence-corrected chi connectivity index (χ1v) is 7.41. The van der Waals surface area contributed by atoms with E-state index in [2.05, 4.69) is 32.9 Å². The van der Waals surface area contributed by atoms with E-state index in [1.54, 1.807) is 0 Å². The lowest BCUT2D eigenvalue weighted by molar-refractivity contribution is -0.119. The van der Waals surface area contributed by atoms with Gasteiger partial charge in [0.2, 0.25) is 0 Å². The molecule has 106 valence electrons. The number of ketones is 1. The van der Waals surface area contributed by atoms with E-state index in [0.29, 0.717) is 12.2 Å². The second kappa shape index (κ2) is 8.73. The maximum Gasteiger partial charge on any atom is 0.132 e. The first-order valence-electron chi connectivity index (χ1n) is 7.41. The van der Waals surface area contributed by atoms with E-state index in [1.165, 1.54) is 11.1 Å². The summed E-state index contributed by atoms with van der Waals surface area (Å²) in [6, 6.07) is 6.26. The third-order valence-electron chi connectivity index (χ3n) is 3.22. The Morgan fingerprint density at radius 3 is 2.58 bits per heavy atom. The van der Waals surface area contributed by atoms with E-state index in [-0.39, 0.29) is 0 Å². The molecule has 1 aromatic rings. The van der Waals surface area contributed by atoms with Gasteiger partial charge in [-0.15, -0.1) is 0 Å². The molecule has 0 heterocycles. The van der Waals surface area contributed by atoms with Crippen LogP contribution < -0.4 is 4.74 Å². The Balaban J connectivity index is 2.44. The van der Waals surface area contributed by atoms with Crippen molar-refractivity contribution in [2.24, 2.45) is 0 Å². The summed E-state index contributed by atoms with van der Waals surface area (Å²) in [4.78, 5) is 11.5. The van der Waals surface area contributed by atoms with Crippen molar-refractivity contribution in [3.8, 4) is 5.75 Å². The third-order valence-corrected chi connectivity index (χ3v) is 3.22. The van der Waals surface area contributed by atoms with Gasteiger partial charge in [0.05, 0.1) is 6.61 Å². The molecule has 0 radical (unpaired) electrons. The number of ether oxygens (including phenoxy) is 1. The van der Waals surface area contributed by atoms with Crippen LogP contribution in [0.25, 0.3) is 0 Å². The highest BCUT2D eigenvalue weighted by Crippen LogP contribution is 2.19. The molecule has 1 rings (SSSR count). The molecule has 0 aromatic heterocycles. The first kappa shape index (κ1) is 15.7. The summed E-state index contributed by atoms with van der Waals surface area (Å²) in [5.41, 5.74) is 2.59. The predicted molar refractivity (Wildman–Crippen MR) is 79.8 cm³/mol. The summed E-state index contributed by atoms with van der Waals surface area (Å²) in [5, 5.41) is 0. The molecular weight excluding hydrogens is 236 g/mol. The molecule has 0 fully saturated rings. The van der Waals surface area contributed by atoms with Crippen molar-refractivity contribution in [3.63, 3.8) is 0 Å². The van der Waals surface area contributed by atoms with E-state index < -0.39 is 0 Å². The molecule has 0 N–H and O–H groups in total. The quantitative estimate of drug-likeness (QED) is 0.656. The van der Waals surface area contributed by atoms with Crippen molar-refractivity contribution >= 4 is 5.78 Å². The van der Waals surface area contributed by atoms with Crippen LogP contribution in [0.3, 0.4) is 0 Å². The molecule has 0 aliphatic heterocycles. The second-order valence-corrected chi connectivity index (χ2v) is 5.08. The Hall–Kier alpha value is -1.31. The Kier molecular flexibility index (Phi) is 7.24. The van der Waals surface area contributed by atoms with Crippen LogP contribution in [-0.2, 0) is 11.2 Å². The Morgan fingerprint density at radius 2 is 1.95 bits per heavy atom. The first-order chi connectivity index (χ1) is 9.17. The van der Waals surface area contributed by atoms with Crippen LogP contribution in [-0.4, -0.2) is 12.4 Å². The minimum atomic E-state index is 0.392. The van der Waals surface area contributed by atoms with Gasteiger partial charge in [0, 0.05) is 12.8 Å². The topological polar surface area (TPSA) is 26.3 Å². The monoisotopic (exact) mass is 262 g/mol. The number of hydrogen-bond donors (Lipinski definition) is 0. The summed E-state index contributed by atoms with van der Waals surface area (Å²) in [6.07, 6.45) is 5.36. The molecular formula is C17H26O2. The highest BCUT2D eigenvalue weighted by molar-refractivity contribution is 5.78. The van der Waals surface area contributed by atoms with E-state index in [9.17, 15) is 4.79 Å². The molecule has 1 aromatic carbocycles. The molecule has 2 heteroatoms. The third kappa shape index (κ3) is 5.91. The van der Waals surface area contributed by atoms with Gasteiger partial charge in [-0.1, -0.05) is 19.9 Å². The molecule has 0 saturated heterocycles. The highest BCUT2D eigenvalue weighted by atomic mass is 16.5. The van der Waals surface area contributed by atoms with Crippen LogP contribution in [0.5, 0.6) is 5.75 Å². The fraction of sp³-hybridized carbons (Fsp3) is 0.588. The number of benzene rings is 1. The fourth-order valence-electron chi connectivity index (χ4n) is 2.14. The Labute approximate surface area is 117 Å². The van der Waals surface area contributed by atoms with Crippen molar-refractivity contribution in [1.82, 2.24) is 0 Å². The normalized spacial score (nSPS) is 10.5. The average molecular weight is 262 g/mol. The summed E-state index contributed by atoms with van der Waals surface area (Å²) in [6.45, 7) is 7.04. The van der Waals surface area contributed by atoms with Crippen molar-refractivity contribution in [2.45, 2.75) is 59.3 Å². The van der Waals surface area contributed by atoms with Crippen LogP contribution in [0.4, 0.5) is 0 Å². The van der Waals surface area contributed by atoms with E-state index in [1.807, 2.05) is 6.07 Å². The molecule has 0 unspecified atom stereocenters. The molecule has 0 amide bonds. The number of hydrogen-bond acceptors (Lipinski definition) is 2. The summed E-state index contributed by atoms with van der Waals surface area (Å²) >= 11 is 0. The molecule has 0 saturated carbocycles. The maximum absolute atomic E-state index is 11.5. The Morgan fingerprint density at radius 1 is 1.16 bits per heavy atom. The van der Waals surface area contributed by atoms with Crippen LogP contribution in [0.2, 0.25) is 0 Å². The lowest BCUT2D eigenvalue weighted by Gasteiger charge is -2.09. The van der Waals surface area contributed by atoms with Crippen molar-refractivity contribution in [1.29, 1.82) is 0 Å². The molecule has 0 bridgehead atoms. The number of carbonyl (C=O) groups excluding carboxylic acids is 1. The van der Waals surface area contributed by atoms with Crippen molar-refractivity contribution in [3.05, 3.63) is 29.3 Å². The fourth-order valence-corrected chi connectivity index (χ4v) is 2.14. The van der Waals surface area contributed by atoms with Gasteiger partial charge in [-0.25, -0.2) is 0 Å². The molecule has 0 aliphatic carbocycles. The molecule has 0 spiro atoms. The van der Waals surface area contributed by atoms with Crippen molar-refractivity contribution < 1.29 is 9.53 Å². The van der Waals surface area contributed by atoms with Crippen LogP contribution >= 0.6 is 0 Å². The lowest BCUT2D eigenvalue weighted by atomic mass is 10.0. The second-order valence-electron chi connectivity index (χ2n) is 5.08. The Bertz CT molecular complexity index is 396. The van der Waals surface area contributed by atoms with E-state index in [4.69, 9.17) is 4.74 Å². The van der Waals surface area contributed by atoms with Gasteiger partial charge in [0.1, 0.15) is 11.5 Å². The summed E-state index contributed by atoms with van der Waals surface area (Å²) in [5.74, 6) is 1.34. The van der Waals surface area contributed by atoms with Crippen LogP contribution in [0.1, 0.15) is 57.1 Å². The number of carbonyl (C=O) groups is 1. The minimum Gasteiger partial charge on any atom is -0.494 e. The number of aryl methyl sites for hydroxylation is 2. The van der Waals surface area contributed by atoms with E-state index in [0.717, 1.165) is 44.5 Å². The van der Waals surface area contributed by atoms with Crippen LogP contribution in [0, 0.1) is 6.92 Å². The SMILES string of the molecule is CCCOc1ccc(CCCC(=O)CCC)c(C)c1. The maximum atomic E-state index is 11.5. The summed E-state index contributed by atoms with van der Waals surface area (Å²) < 4.78 is 5.61. The highest BCUT2D eigenvalue weighted by Gasteiger charge is 2.04. The van der Waals surface area contributed by atoms with Gasteiger partial charge in [-0.2, -0.15) is 0 Å². The zero-order chi connectivity index (χ0) is 14.1. The molecule has 2 nitrogen and oxygen atoms in total. The average Bonchev–Trinajstić information content (AvgIpc) is 2.39. The summed E-state index contributed by atoms with van der Waals surface area (Å²) in [7, 11) is 0. The van der Waals surface area contributed by atoms with E-state index >= 15 is 0 Å². The molecule has 0 aliphatic rings. The van der Waals surface area contributed by atoms with Crippen molar-refractivity contribution in [2.75, 3.05) is 6.61 Å². The largest absolute Gasteiger partial charge is 0.494 e. The molecule has 0 atom stereocenters. The van der Waals surface area contributed by atoms with Crippen LogP contribution in [0.15, 0.2) is 18.2 Å². The van der Waals surface area contributed by atoms with Gasteiger partial charge in [0.15, 0.2) is 0 Å². The smallest absolute Gasteiger partial charge is 0.132 e. The number of rotatable bonds is 9. The predicted octanol–water partition coefficient (Wildman–Crippen LogP) is 4.48. The van der Waals surface area contributed by atoms with Gasteiger partial charge in [-0.3, -0.25) is 4.79 Å². The van der Waals surface area contributed by atoms with Gasteiger partial charge in [-0.05, 0) is 55.9 Å². The van der Waals surface area contributed by atoms with Gasteiger partial charge in [0.25, 0.3) is 0 Å².